The minimum absolute atomic E-state index is 0.0323. The van der Waals surface area contributed by atoms with E-state index < -0.39 is 0 Å². The van der Waals surface area contributed by atoms with E-state index in [1.54, 1.807) is 12.1 Å². The summed E-state index contributed by atoms with van der Waals surface area (Å²) in [4.78, 5) is 18.2. The molecule has 1 heterocycles. The lowest BCUT2D eigenvalue weighted by Gasteiger charge is -2.14. The van der Waals surface area contributed by atoms with Crippen LogP contribution in [0.3, 0.4) is 0 Å². The highest BCUT2D eigenvalue weighted by Gasteiger charge is 2.21. The normalized spacial score (nSPS) is 16.6. The summed E-state index contributed by atoms with van der Waals surface area (Å²) < 4.78 is 0. The number of fused-ring (bicyclic) bond motifs is 3. The highest BCUT2D eigenvalue weighted by molar-refractivity contribution is 6.06. The summed E-state index contributed by atoms with van der Waals surface area (Å²) in [6.45, 7) is 0.425. The SMILES string of the molecule is O=[N+]([O-])c1ccc2[nH]c3c(c2c1)CCCC3=NCCO. The number of aliphatic hydroxyl groups is 1. The first-order chi connectivity index (χ1) is 9.70. The molecule has 2 N–H and O–H groups in total. The molecule has 1 aliphatic rings. The van der Waals surface area contributed by atoms with Crippen LogP contribution >= 0.6 is 0 Å². The Hall–Kier alpha value is -2.21. The zero-order valence-corrected chi connectivity index (χ0v) is 10.9. The number of nitrogens with zero attached hydrogens (tertiary/aromatic N) is 2. The molecule has 20 heavy (non-hydrogen) atoms. The molecule has 1 aliphatic carbocycles. The predicted octanol–water partition coefficient (Wildman–Crippen LogP) is 2.19. The van der Waals surface area contributed by atoms with Crippen LogP contribution in [0.25, 0.3) is 10.9 Å². The number of nitro groups is 1. The van der Waals surface area contributed by atoms with Crippen LogP contribution in [0, 0.1) is 10.1 Å². The third-order valence-corrected chi connectivity index (χ3v) is 3.63. The van der Waals surface area contributed by atoms with Crippen LogP contribution in [0.1, 0.15) is 24.1 Å². The van der Waals surface area contributed by atoms with Crippen LogP contribution in [0.15, 0.2) is 23.2 Å². The van der Waals surface area contributed by atoms with Gasteiger partial charge < -0.3 is 10.1 Å². The van der Waals surface area contributed by atoms with Gasteiger partial charge in [-0.05, 0) is 30.9 Å². The number of aliphatic hydroxyl groups excluding tert-OH is 1. The van der Waals surface area contributed by atoms with Crippen LogP contribution in [-0.2, 0) is 6.42 Å². The maximum absolute atomic E-state index is 10.9. The Morgan fingerprint density at radius 3 is 3.00 bits per heavy atom. The van der Waals surface area contributed by atoms with E-state index in [1.807, 2.05) is 0 Å². The summed E-state index contributed by atoms with van der Waals surface area (Å²) in [5, 5.41) is 20.7. The van der Waals surface area contributed by atoms with Crippen molar-refractivity contribution in [1.29, 1.82) is 0 Å². The number of aliphatic imine (C=N–C) groups is 1. The summed E-state index contributed by atoms with van der Waals surface area (Å²) in [5.74, 6) is 0. The first kappa shape index (κ1) is 12.8. The Morgan fingerprint density at radius 2 is 2.25 bits per heavy atom. The molecule has 1 aromatic carbocycles. The van der Waals surface area contributed by atoms with Gasteiger partial charge in [0, 0.05) is 23.0 Å². The van der Waals surface area contributed by atoms with Crippen molar-refractivity contribution in [2.75, 3.05) is 13.2 Å². The smallest absolute Gasteiger partial charge is 0.270 e. The van der Waals surface area contributed by atoms with Crippen LogP contribution in [0.4, 0.5) is 5.69 Å². The van der Waals surface area contributed by atoms with Crippen molar-refractivity contribution >= 4 is 22.3 Å². The third-order valence-electron chi connectivity index (χ3n) is 3.63. The molecular weight excluding hydrogens is 258 g/mol. The number of hydrogen-bond acceptors (Lipinski definition) is 4. The highest BCUT2D eigenvalue weighted by atomic mass is 16.6. The summed E-state index contributed by atoms with van der Waals surface area (Å²) in [5.41, 5.74) is 4.05. The standard InChI is InChI=1S/C14H15N3O3/c18-7-6-15-13-3-1-2-10-11-8-9(17(19)20)4-5-12(11)16-14(10)13/h4-5,8,16,18H,1-3,6-7H2. The lowest BCUT2D eigenvalue weighted by Crippen LogP contribution is -2.12. The monoisotopic (exact) mass is 273 g/mol. The quantitative estimate of drug-likeness (QED) is 0.663. The second-order valence-electron chi connectivity index (χ2n) is 4.87. The van der Waals surface area contributed by atoms with Gasteiger partial charge in [-0.15, -0.1) is 0 Å². The number of aromatic nitrogens is 1. The van der Waals surface area contributed by atoms with Crippen molar-refractivity contribution < 1.29 is 10.0 Å². The minimum atomic E-state index is -0.373. The topological polar surface area (TPSA) is 91.5 Å². The average Bonchev–Trinajstić information content (AvgIpc) is 2.83. The molecule has 0 bridgehead atoms. The molecule has 0 fully saturated rings. The molecular formula is C14H15N3O3. The molecule has 0 saturated carbocycles. The van der Waals surface area contributed by atoms with Gasteiger partial charge in [0.1, 0.15) is 0 Å². The number of aromatic amines is 1. The van der Waals surface area contributed by atoms with Crippen molar-refractivity contribution in [3.8, 4) is 0 Å². The van der Waals surface area contributed by atoms with Gasteiger partial charge >= 0.3 is 0 Å². The lowest BCUT2D eigenvalue weighted by atomic mass is 9.94. The maximum atomic E-state index is 10.9. The Balaban J connectivity index is 2.14. The largest absolute Gasteiger partial charge is 0.394 e. The molecule has 0 amide bonds. The summed E-state index contributed by atoms with van der Waals surface area (Å²) in [7, 11) is 0. The number of hydrogen-bond donors (Lipinski definition) is 2. The third kappa shape index (κ3) is 2.08. The first-order valence-corrected chi connectivity index (χ1v) is 6.64. The van der Waals surface area contributed by atoms with Crippen molar-refractivity contribution in [1.82, 2.24) is 4.98 Å². The van der Waals surface area contributed by atoms with Crippen molar-refractivity contribution in [3.63, 3.8) is 0 Å². The summed E-state index contributed by atoms with van der Waals surface area (Å²) >= 11 is 0. The minimum Gasteiger partial charge on any atom is -0.394 e. The molecule has 2 aromatic rings. The number of aryl methyl sites for hydroxylation is 1. The Labute approximate surface area is 115 Å². The number of nitro benzene ring substituents is 1. The molecule has 0 radical (unpaired) electrons. The van der Waals surface area contributed by atoms with Gasteiger partial charge in [-0.2, -0.15) is 0 Å². The maximum Gasteiger partial charge on any atom is 0.270 e. The molecule has 1 aromatic heterocycles. The molecule has 104 valence electrons. The van der Waals surface area contributed by atoms with E-state index >= 15 is 0 Å². The van der Waals surface area contributed by atoms with Crippen LogP contribution in [-0.4, -0.2) is 33.9 Å². The molecule has 3 rings (SSSR count). The fraction of sp³-hybridized carbons (Fsp3) is 0.357. The van der Waals surface area contributed by atoms with Gasteiger partial charge in [0.15, 0.2) is 0 Å². The number of nitrogens with one attached hydrogen (secondary N) is 1. The zero-order chi connectivity index (χ0) is 14.1. The highest BCUT2D eigenvalue weighted by Crippen LogP contribution is 2.31. The number of benzene rings is 1. The van der Waals surface area contributed by atoms with Gasteiger partial charge in [0.2, 0.25) is 0 Å². The lowest BCUT2D eigenvalue weighted by molar-refractivity contribution is -0.384. The van der Waals surface area contributed by atoms with Gasteiger partial charge in [-0.25, -0.2) is 0 Å². The van der Waals surface area contributed by atoms with E-state index in [9.17, 15) is 10.1 Å². The van der Waals surface area contributed by atoms with Crippen LogP contribution in [0.2, 0.25) is 0 Å². The van der Waals surface area contributed by atoms with Crippen molar-refractivity contribution in [2.24, 2.45) is 4.99 Å². The Morgan fingerprint density at radius 1 is 1.40 bits per heavy atom. The summed E-state index contributed by atoms with van der Waals surface area (Å²) in [6, 6.07) is 4.88. The molecule has 0 aliphatic heterocycles. The van der Waals surface area contributed by atoms with E-state index in [4.69, 9.17) is 5.11 Å². The van der Waals surface area contributed by atoms with Gasteiger partial charge in [-0.1, -0.05) is 0 Å². The second-order valence-corrected chi connectivity index (χ2v) is 4.87. The van der Waals surface area contributed by atoms with Gasteiger partial charge in [0.05, 0.1) is 29.5 Å². The van der Waals surface area contributed by atoms with E-state index in [1.165, 1.54) is 6.07 Å². The van der Waals surface area contributed by atoms with E-state index in [-0.39, 0.29) is 17.2 Å². The number of rotatable bonds is 3. The summed E-state index contributed by atoms with van der Waals surface area (Å²) in [6.07, 6.45) is 2.75. The van der Waals surface area contributed by atoms with E-state index in [2.05, 4.69) is 9.98 Å². The molecule has 6 nitrogen and oxygen atoms in total. The molecule has 0 saturated heterocycles. The van der Waals surface area contributed by atoms with Crippen LogP contribution in [0.5, 0.6) is 0 Å². The second kappa shape index (κ2) is 5.05. The van der Waals surface area contributed by atoms with Crippen molar-refractivity contribution in [2.45, 2.75) is 19.3 Å². The first-order valence-electron chi connectivity index (χ1n) is 6.64. The number of H-pyrrole nitrogens is 1. The Kier molecular flexibility index (Phi) is 3.23. The van der Waals surface area contributed by atoms with E-state index in [0.29, 0.717) is 6.54 Å². The fourth-order valence-electron chi connectivity index (χ4n) is 2.76. The zero-order valence-electron chi connectivity index (χ0n) is 10.9. The molecule has 0 spiro atoms. The molecule has 6 heteroatoms. The Bertz CT molecular complexity index is 703. The van der Waals surface area contributed by atoms with Crippen LogP contribution < -0.4 is 0 Å². The van der Waals surface area contributed by atoms with E-state index in [0.717, 1.165) is 47.1 Å². The molecule has 0 unspecified atom stereocenters. The fourth-order valence-corrected chi connectivity index (χ4v) is 2.76. The van der Waals surface area contributed by atoms with Crippen molar-refractivity contribution in [3.05, 3.63) is 39.6 Å². The number of non-ortho nitro benzene ring substituents is 1. The molecule has 0 atom stereocenters. The van der Waals surface area contributed by atoms with Gasteiger partial charge in [0.25, 0.3) is 5.69 Å². The van der Waals surface area contributed by atoms with Gasteiger partial charge in [-0.3, -0.25) is 15.1 Å². The average molecular weight is 273 g/mol. The predicted molar refractivity (Wildman–Crippen MR) is 76.4 cm³/mol.